The molecule has 8 nitrogen and oxygen atoms in total. The first-order chi connectivity index (χ1) is 15.4. The van der Waals surface area contributed by atoms with E-state index in [4.69, 9.17) is 4.74 Å². The standard InChI is InChI=1S/C23H27FN4O4/c1-14(21(29)28-23(31)26-17-8-3-4-9-17)25-18-10-11-20(32-2)19(13-18)27-22(30)15-6-5-7-16(24)12-15/h5-7,10-14,17,25H,3-4,8-9H2,1-2H3,(H,27,30)(H2,26,28,29,31). The quantitative estimate of drug-likeness (QED) is 0.523. The maximum absolute atomic E-state index is 13.4. The van der Waals surface area contributed by atoms with Crippen molar-refractivity contribution in [2.24, 2.45) is 0 Å². The van der Waals surface area contributed by atoms with Crippen LogP contribution in [-0.4, -0.2) is 37.0 Å². The van der Waals surface area contributed by atoms with Gasteiger partial charge in [0.1, 0.15) is 17.6 Å². The molecule has 4 amide bonds. The monoisotopic (exact) mass is 442 g/mol. The van der Waals surface area contributed by atoms with Crippen molar-refractivity contribution in [1.29, 1.82) is 0 Å². The molecule has 1 saturated carbocycles. The highest BCUT2D eigenvalue weighted by atomic mass is 19.1. The first kappa shape index (κ1) is 23.1. The molecule has 1 aliphatic rings. The molecule has 1 unspecified atom stereocenters. The van der Waals surface area contributed by atoms with Gasteiger partial charge in [-0.3, -0.25) is 14.9 Å². The highest BCUT2D eigenvalue weighted by Gasteiger charge is 2.21. The van der Waals surface area contributed by atoms with Crippen molar-refractivity contribution in [2.75, 3.05) is 17.7 Å². The average Bonchev–Trinajstić information content (AvgIpc) is 3.26. The number of benzene rings is 2. The fourth-order valence-corrected chi connectivity index (χ4v) is 3.55. The van der Waals surface area contributed by atoms with Crippen LogP contribution in [0.2, 0.25) is 0 Å². The topological polar surface area (TPSA) is 109 Å². The molecule has 1 fully saturated rings. The Balaban J connectivity index is 1.62. The summed E-state index contributed by atoms with van der Waals surface area (Å²) in [5.41, 5.74) is 1.03. The SMILES string of the molecule is COc1ccc(NC(C)C(=O)NC(=O)NC2CCCC2)cc1NC(=O)c1cccc(F)c1. The lowest BCUT2D eigenvalue weighted by Crippen LogP contribution is -2.48. The number of anilines is 2. The van der Waals surface area contributed by atoms with Crippen LogP contribution in [-0.2, 0) is 4.79 Å². The molecule has 4 N–H and O–H groups in total. The van der Waals surface area contributed by atoms with Crippen LogP contribution in [0, 0.1) is 5.82 Å². The van der Waals surface area contributed by atoms with E-state index in [-0.39, 0.29) is 11.6 Å². The minimum atomic E-state index is -0.718. The number of ether oxygens (including phenoxy) is 1. The van der Waals surface area contributed by atoms with Crippen molar-refractivity contribution in [3.63, 3.8) is 0 Å². The molecular formula is C23H27FN4O4. The lowest BCUT2D eigenvalue weighted by atomic mass is 10.2. The zero-order chi connectivity index (χ0) is 23.1. The van der Waals surface area contributed by atoms with Crippen LogP contribution in [0.5, 0.6) is 5.75 Å². The fraction of sp³-hybridized carbons (Fsp3) is 0.348. The summed E-state index contributed by atoms with van der Waals surface area (Å²) in [6, 6.07) is 9.11. The van der Waals surface area contributed by atoms with Crippen LogP contribution in [0.4, 0.5) is 20.6 Å². The Labute approximate surface area is 185 Å². The smallest absolute Gasteiger partial charge is 0.321 e. The number of hydrogen-bond acceptors (Lipinski definition) is 5. The Morgan fingerprint density at radius 1 is 1.09 bits per heavy atom. The van der Waals surface area contributed by atoms with Gasteiger partial charge in [0.25, 0.3) is 5.91 Å². The molecule has 0 aromatic heterocycles. The van der Waals surface area contributed by atoms with Gasteiger partial charge in [0, 0.05) is 17.3 Å². The van der Waals surface area contributed by atoms with Crippen molar-refractivity contribution in [3.8, 4) is 5.75 Å². The van der Waals surface area contributed by atoms with Crippen LogP contribution in [0.1, 0.15) is 43.0 Å². The van der Waals surface area contributed by atoms with Crippen LogP contribution >= 0.6 is 0 Å². The molecule has 0 heterocycles. The fourth-order valence-electron chi connectivity index (χ4n) is 3.55. The first-order valence-electron chi connectivity index (χ1n) is 10.5. The molecule has 0 radical (unpaired) electrons. The van der Waals surface area contributed by atoms with Crippen molar-refractivity contribution in [3.05, 3.63) is 53.8 Å². The van der Waals surface area contributed by atoms with Gasteiger partial charge in [-0.15, -0.1) is 0 Å². The Morgan fingerprint density at radius 3 is 2.53 bits per heavy atom. The second kappa shape index (κ2) is 10.6. The van der Waals surface area contributed by atoms with Gasteiger partial charge in [-0.1, -0.05) is 18.9 Å². The minimum Gasteiger partial charge on any atom is -0.495 e. The van der Waals surface area contributed by atoms with Crippen molar-refractivity contribution in [2.45, 2.75) is 44.7 Å². The summed E-state index contributed by atoms with van der Waals surface area (Å²) in [7, 11) is 1.46. The lowest BCUT2D eigenvalue weighted by Gasteiger charge is -2.18. The van der Waals surface area contributed by atoms with Crippen LogP contribution < -0.4 is 26.0 Å². The molecule has 0 bridgehead atoms. The van der Waals surface area contributed by atoms with Gasteiger partial charge in [-0.2, -0.15) is 0 Å². The van der Waals surface area contributed by atoms with Crippen LogP contribution in [0.25, 0.3) is 0 Å². The molecule has 0 aliphatic heterocycles. The lowest BCUT2D eigenvalue weighted by molar-refractivity contribution is -0.120. The molecule has 9 heteroatoms. The van der Waals surface area contributed by atoms with Gasteiger partial charge in [0.05, 0.1) is 12.8 Å². The molecule has 0 saturated heterocycles. The zero-order valence-corrected chi connectivity index (χ0v) is 18.0. The molecule has 2 aromatic rings. The third-order valence-electron chi connectivity index (χ3n) is 5.24. The maximum atomic E-state index is 13.4. The Bertz CT molecular complexity index is 992. The van der Waals surface area contributed by atoms with Gasteiger partial charge in [-0.25, -0.2) is 9.18 Å². The van der Waals surface area contributed by atoms with Gasteiger partial charge in [0.2, 0.25) is 5.91 Å². The highest BCUT2D eigenvalue weighted by Crippen LogP contribution is 2.28. The number of nitrogens with one attached hydrogen (secondary N) is 4. The Morgan fingerprint density at radius 2 is 1.84 bits per heavy atom. The summed E-state index contributed by atoms with van der Waals surface area (Å²) in [5, 5.41) is 10.8. The van der Waals surface area contributed by atoms with Crippen LogP contribution in [0.3, 0.4) is 0 Å². The van der Waals surface area contributed by atoms with Crippen molar-refractivity contribution >= 4 is 29.2 Å². The number of halogens is 1. The number of imide groups is 1. The number of hydrogen-bond donors (Lipinski definition) is 4. The van der Waals surface area contributed by atoms with Crippen molar-refractivity contribution < 1.29 is 23.5 Å². The van der Waals surface area contributed by atoms with Crippen molar-refractivity contribution in [1.82, 2.24) is 10.6 Å². The summed E-state index contributed by atoms with van der Waals surface area (Å²) in [5.74, 6) is -1.11. The maximum Gasteiger partial charge on any atom is 0.321 e. The van der Waals surface area contributed by atoms with E-state index in [1.807, 2.05) is 0 Å². The zero-order valence-electron chi connectivity index (χ0n) is 18.0. The minimum absolute atomic E-state index is 0.108. The predicted molar refractivity (Wildman–Crippen MR) is 119 cm³/mol. The van der Waals surface area contributed by atoms with E-state index in [0.717, 1.165) is 31.7 Å². The van der Waals surface area contributed by atoms with E-state index in [1.54, 1.807) is 25.1 Å². The van der Waals surface area contributed by atoms with E-state index >= 15 is 0 Å². The molecule has 3 rings (SSSR count). The van der Waals surface area contributed by atoms with Gasteiger partial charge in [0.15, 0.2) is 0 Å². The van der Waals surface area contributed by atoms with E-state index in [9.17, 15) is 18.8 Å². The number of urea groups is 1. The molecule has 1 aliphatic carbocycles. The molecule has 2 aromatic carbocycles. The van der Waals surface area contributed by atoms with E-state index in [2.05, 4.69) is 21.3 Å². The first-order valence-corrected chi connectivity index (χ1v) is 10.5. The average molecular weight is 442 g/mol. The second-order valence-corrected chi connectivity index (χ2v) is 7.69. The number of methoxy groups -OCH3 is 1. The van der Waals surface area contributed by atoms with E-state index < -0.39 is 29.7 Å². The summed E-state index contributed by atoms with van der Waals surface area (Å²) in [4.78, 5) is 36.9. The van der Waals surface area contributed by atoms with E-state index in [1.165, 1.54) is 25.3 Å². The third-order valence-corrected chi connectivity index (χ3v) is 5.24. The summed E-state index contributed by atoms with van der Waals surface area (Å²) >= 11 is 0. The molecule has 0 spiro atoms. The summed E-state index contributed by atoms with van der Waals surface area (Å²) in [6.07, 6.45) is 4.00. The highest BCUT2D eigenvalue weighted by molar-refractivity contribution is 6.05. The van der Waals surface area contributed by atoms with Gasteiger partial charge < -0.3 is 20.7 Å². The number of carbonyl (C=O) groups excluding carboxylic acids is 3. The largest absolute Gasteiger partial charge is 0.495 e. The summed E-state index contributed by atoms with van der Waals surface area (Å²) < 4.78 is 18.7. The normalized spacial score (nSPS) is 14.3. The molecule has 32 heavy (non-hydrogen) atoms. The van der Waals surface area contributed by atoms with Gasteiger partial charge >= 0.3 is 6.03 Å². The number of carbonyl (C=O) groups is 3. The Hall–Kier alpha value is -3.62. The predicted octanol–water partition coefficient (Wildman–Crippen LogP) is 3.66. The van der Waals surface area contributed by atoms with Gasteiger partial charge in [-0.05, 0) is 56.2 Å². The molecular weight excluding hydrogens is 415 g/mol. The second-order valence-electron chi connectivity index (χ2n) is 7.69. The molecule has 170 valence electrons. The Kier molecular flexibility index (Phi) is 7.64. The van der Waals surface area contributed by atoms with Crippen LogP contribution in [0.15, 0.2) is 42.5 Å². The summed E-state index contributed by atoms with van der Waals surface area (Å²) in [6.45, 7) is 1.62. The number of amides is 4. The third kappa shape index (κ3) is 6.19. The van der Waals surface area contributed by atoms with E-state index in [0.29, 0.717) is 17.1 Å². The molecule has 1 atom stereocenters. The number of rotatable bonds is 7.